The Hall–Kier alpha value is -1.68. The van der Waals surface area contributed by atoms with E-state index in [1.807, 2.05) is 16.9 Å². The van der Waals surface area contributed by atoms with Crippen molar-refractivity contribution in [1.29, 1.82) is 0 Å². The van der Waals surface area contributed by atoms with E-state index in [0.29, 0.717) is 6.04 Å². The van der Waals surface area contributed by atoms with Crippen LogP contribution in [0.5, 0.6) is 0 Å². The van der Waals surface area contributed by atoms with Crippen molar-refractivity contribution in [2.45, 2.75) is 38.8 Å². The van der Waals surface area contributed by atoms with Crippen LogP contribution in [0.1, 0.15) is 31.0 Å². The molecule has 0 amide bonds. The fraction of sp³-hybridized carbons (Fsp3) is 0.429. The molecule has 0 atom stereocenters. The Morgan fingerprint density at radius 3 is 2.94 bits per heavy atom. The lowest BCUT2D eigenvalue weighted by atomic mass is 10.1. The van der Waals surface area contributed by atoms with Gasteiger partial charge in [-0.15, -0.1) is 5.10 Å². The Balaban J connectivity index is 1.88. The standard InChI is InChI=1S/C14H18N4/c1-2-11-5-3-4-6-14(11)18-13(10-16-17-18)9-15-12-7-8-12/h3-6,10,12,15H,2,7-9H2,1H3. The lowest BCUT2D eigenvalue weighted by Gasteiger charge is -2.10. The molecule has 3 rings (SSSR count). The van der Waals surface area contributed by atoms with E-state index in [1.54, 1.807) is 0 Å². The zero-order valence-corrected chi connectivity index (χ0v) is 10.6. The third-order valence-corrected chi connectivity index (χ3v) is 3.37. The van der Waals surface area contributed by atoms with Crippen LogP contribution in [0.15, 0.2) is 30.5 Å². The van der Waals surface area contributed by atoms with E-state index < -0.39 is 0 Å². The number of benzene rings is 1. The minimum atomic E-state index is 0.703. The summed E-state index contributed by atoms with van der Waals surface area (Å²) in [6, 6.07) is 9.08. The van der Waals surface area contributed by atoms with Gasteiger partial charge in [0.2, 0.25) is 0 Å². The SMILES string of the molecule is CCc1ccccc1-n1nncc1CNC1CC1. The highest BCUT2D eigenvalue weighted by Gasteiger charge is 2.21. The highest BCUT2D eigenvalue weighted by molar-refractivity contribution is 5.41. The van der Waals surface area contributed by atoms with Crippen molar-refractivity contribution >= 4 is 0 Å². The third-order valence-electron chi connectivity index (χ3n) is 3.37. The van der Waals surface area contributed by atoms with E-state index in [-0.39, 0.29) is 0 Å². The summed E-state index contributed by atoms with van der Waals surface area (Å²) in [5.41, 5.74) is 3.57. The first-order chi connectivity index (χ1) is 8.88. The average molecular weight is 242 g/mol. The van der Waals surface area contributed by atoms with Gasteiger partial charge in [0.25, 0.3) is 0 Å². The van der Waals surface area contributed by atoms with Gasteiger partial charge in [0.1, 0.15) is 0 Å². The van der Waals surface area contributed by atoms with Gasteiger partial charge >= 0.3 is 0 Å². The monoisotopic (exact) mass is 242 g/mol. The number of rotatable bonds is 5. The van der Waals surface area contributed by atoms with Crippen molar-refractivity contribution in [2.24, 2.45) is 0 Å². The van der Waals surface area contributed by atoms with Crippen molar-refractivity contribution in [3.63, 3.8) is 0 Å². The molecular formula is C14H18N4. The van der Waals surface area contributed by atoms with Gasteiger partial charge in [-0.3, -0.25) is 0 Å². The minimum Gasteiger partial charge on any atom is -0.308 e. The fourth-order valence-electron chi connectivity index (χ4n) is 2.13. The summed E-state index contributed by atoms with van der Waals surface area (Å²) in [6.45, 7) is 3.01. The van der Waals surface area contributed by atoms with Crippen LogP contribution in [-0.2, 0) is 13.0 Å². The molecule has 1 N–H and O–H groups in total. The Morgan fingerprint density at radius 1 is 1.33 bits per heavy atom. The summed E-state index contributed by atoms with van der Waals surface area (Å²) in [5, 5.41) is 11.8. The van der Waals surface area contributed by atoms with Gasteiger partial charge in [0.05, 0.1) is 17.6 Å². The van der Waals surface area contributed by atoms with Gasteiger partial charge in [-0.25, -0.2) is 4.68 Å². The summed E-state index contributed by atoms with van der Waals surface area (Å²) < 4.78 is 1.95. The number of hydrogen-bond acceptors (Lipinski definition) is 3. The molecule has 4 heteroatoms. The van der Waals surface area contributed by atoms with Crippen LogP contribution in [0.4, 0.5) is 0 Å². The zero-order chi connectivity index (χ0) is 12.4. The number of nitrogens with one attached hydrogen (secondary N) is 1. The first kappa shape index (κ1) is 11.4. The summed E-state index contributed by atoms with van der Waals surface area (Å²) in [7, 11) is 0. The van der Waals surface area contributed by atoms with Gasteiger partial charge in [-0.05, 0) is 30.9 Å². The highest BCUT2D eigenvalue weighted by Crippen LogP contribution is 2.20. The number of aromatic nitrogens is 3. The molecule has 2 aromatic rings. The molecule has 1 aliphatic rings. The van der Waals surface area contributed by atoms with Crippen molar-refractivity contribution in [3.05, 3.63) is 41.7 Å². The topological polar surface area (TPSA) is 42.7 Å². The molecule has 1 aliphatic carbocycles. The molecule has 0 spiro atoms. The third kappa shape index (κ3) is 2.29. The second-order valence-corrected chi connectivity index (χ2v) is 4.77. The largest absolute Gasteiger partial charge is 0.308 e. The van der Waals surface area contributed by atoms with Gasteiger partial charge in [-0.1, -0.05) is 30.3 Å². The van der Waals surface area contributed by atoms with Crippen LogP contribution in [-0.4, -0.2) is 21.0 Å². The molecule has 1 saturated carbocycles. The van der Waals surface area contributed by atoms with E-state index in [4.69, 9.17) is 0 Å². The lowest BCUT2D eigenvalue weighted by Crippen LogP contribution is -2.18. The fourth-order valence-corrected chi connectivity index (χ4v) is 2.13. The molecule has 1 fully saturated rings. The van der Waals surface area contributed by atoms with Gasteiger partial charge in [-0.2, -0.15) is 0 Å². The molecule has 94 valence electrons. The van der Waals surface area contributed by atoms with E-state index in [1.165, 1.54) is 18.4 Å². The molecular weight excluding hydrogens is 224 g/mol. The Kier molecular flexibility index (Phi) is 3.11. The number of para-hydroxylation sites is 1. The molecule has 0 saturated heterocycles. The molecule has 1 aromatic heterocycles. The van der Waals surface area contributed by atoms with Crippen molar-refractivity contribution in [2.75, 3.05) is 0 Å². The van der Waals surface area contributed by atoms with Crippen molar-refractivity contribution < 1.29 is 0 Å². The maximum absolute atomic E-state index is 4.22. The maximum Gasteiger partial charge on any atom is 0.0783 e. The minimum absolute atomic E-state index is 0.703. The van der Waals surface area contributed by atoms with Crippen molar-refractivity contribution in [1.82, 2.24) is 20.3 Å². The van der Waals surface area contributed by atoms with Crippen LogP contribution in [0.2, 0.25) is 0 Å². The molecule has 0 aliphatic heterocycles. The Bertz CT molecular complexity index is 528. The summed E-state index contributed by atoms with van der Waals surface area (Å²) in [5.74, 6) is 0. The Labute approximate surface area is 107 Å². The summed E-state index contributed by atoms with van der Waals surface area (Å²) in [4.78, 5) is 0. The maximum atomic E-state index is 4.22. The molecule has 1 heterocycles. The molecule has 0 unspecified atom stereocenters. The first-order valence-electron chi connectivity index (χ1n) is 6.59. The predicted octanol–water partition coefficient (Wildman–Crippen LogP) is 2.08. The van der Waals surface area contributed by atoms with E-state index >= 15 is 0 Å². The van der Waals surface area contributed by atoms with Gasteiger partial charge < -0.3 is 5.32 Å². The van der Waals surface area contributed by atoms with Crippen LogP contribution < -0.4 is 5.32 Å². The van der Waals surface area contributed by atoms with E-state index in [2.05, 4.69) is 40.8 Å². The molecule has 4 nitrogen and oxygen atoms in total. The second-order valence-electron chi connectivity index (χ2n) is 4.77. The average Bonchev–Trinajstić information content (AvgIpc) is 3.13. The molecule has 1 aromatic carbocycles. The normalized spacial score (nSPS) is 14.9. The van der Waals surface area contributed by atoms with Crippen LogP contribution in [0.3, 0.4) is 0 Å². The quantitative estimate of drug-likeness (QED) is 0.873. The highest BCUT2D eigenvalue weighted by atomic mass is 15.4. The summed E-state index contributed by atoms with van der Waals surface area (Å²) in [6.07, 6.45) is 5.45. The predicted molar refractivity (Wildman–Crippen MR) is 70.6 cm³/mol. The summed E-state index contributed by atoms with van der Waals surface area (Å²) >= 11 is 0. The molecule has 18 heavy (non-hydrogen) atoms. The second kappa shape index (κ2) is 4.90. The Morgan fingerprint density at radius 2 is 2.17 bits per heavy atom. The van der Waals surface area contributed by atoms with Gasteiger partial charge in [0, 0.05) is 12.6 Å². The smallest absolute Gasteiger partial charge is 0.0783 e. The number of aryl methyl sites for hydroxylation is 1. The first-order valence-corrected chi connectivity index (χ1v) is 6.59. The molecule has 0 bridgehead atoms. The van der Waals surface area contributed by atoms with Crippen LogP contribution in [0, 0.1) is 0 Å². The lowest BCUT2D eigenvalue weighted by molar-refractivity contribution is 0.645. The number of nitrogens with zero attached hydrogens (tertiary/aromatic N) is 3. The van der Waals surface area contributed by atoms with Crippen LogP contribution >= 0.6 is 0 Å². The van der Waals surface area contributed by atoms with E-state index in [0.717, 1.165) is 24.3 Å². The van der Waals surface area contributed by atoms with Crippen molar-refractivity contribution in [3.8, 4) is 5.69 Å². The molecule has 0 radical (unpaired) electrons. The van der Waals surface area contributed by atoms with Gasteiger partial charge in [0.15, 0.2) is 0 Å². The van der Waals surface area contributed by atoms with E-state index in [9.17, 15) is 0 Å². The van der Waals surface area contributed by atoms with Crippen LogP contribution in [0.25, 0.3) is 5.69 Å². The number of hydrogen-bond donors (Lipinski definition) is 1. The zero-order valence-electron chi connectivity index (χ0n) is 10.6.